The molecule has 1 aromatic rings. The Balaban J connectivity index is 3.65. The molecular weight excluding hydrogens is 246 g/mol. The summed E-state index contributed by atoms with van der Waals surface area (Å²) < 4.78 is 0. The fourth-order valence-electron chi connectivity index (χ4n) is 1.56. The van der Waals surface area contributed by atoms with Gasteiger partial charge in [0.15, 0.2) is 0 Å². The van der Waals surface area contributed by atoms with E-state index in [1.165, 1.54) is 0 Å². The normalized spacial score (nSPS) is 10.1. The summed E-state index contributed by atoms with van der Waals surface area (Å²) in [4.78, 5) is 31.6. The molecule has 8 heteroatoms. The number of carboxylic acid groups (broad SMARTS) is 2. The molecule has 0 saturated heterocycles. The van der Waals surface area contributed by atoms with E-state index in [2.05, 4.69) is 0 Å². The van der Waals surface area contributed by atoms with Crippen LogP contribution in [0.1, 0.15) is 26.3 Å². The van der Waals surface area contributed by atoms with Crippen molar-refractivity contribution in [3.63, 3.8) is 0 Å². The molecule has 0 aliphatic rings. The third-order valence-corrected chi connectivity index (χ3v) is 2.27. The summed E-state index contributed by atoms with van der Waals surface area (Å²) in [6, 6.07) is 2.11. The topological polar surface area (TPSA) is 138 Å². The van der Waals surface area contributed by atoms with Crippen molar-refractivity contribution in [3.8, 4) is 0 Å². The number of hydrogen-bond donors (Lipinski definition) is 3. The van der Waals surface area contributed by atoms with Gasteiger partial charge in [-0.2, -0.15) is 0 Å². The van der Waals surface area contributed by atoms with E-state index >= 15 is 0 Å². The van der Waals surface area contributed by atoms with Crippen LogP contribution in [0.25, 0.3) is 0 Å². The van der Waals surface area contributed by atoms with Crippen LogP contribution in [0.4, 0.5) is 5.69 Å². The number of carbonyl (C=O) groups is 2. The van der Waals surface area contributed by atoms with E-state index in [0.717, 1.165) is 12.1 Å². The summed E-state index contributed by atoms with van der Waals surface area (Å²) in [5.74, 6) is -3.19. The van der Waals surface area contributed by atoms with Crippen LogP contribution in [0.5, 0.6) is 0 Å². The minimum atomic E-state index is -1.60. The molecule has 0 aliphatic carbocycles. The van der Waals surface area contributed by atoms with Gasteiger partial charge in [-0.15, -0.1) is 0 Å². The van der Waals surface area contributed by atoms with E-state index in [1.54, 1.807) is 0 Å². The maximum Gasteiger partial charge on any atom is 0.343 e. The zero-order valence-corrected chi connectivity index (χ0v) is 8.99. The predicted molar refractivity (Wildman–Crippen MR) is 57.8 cm³/mol. The standard InChI is InChI=1S/C10H9NO7/c12-4-3-5-1-2-6(9(13)14)8(11(17)18)7(5)10(15)16/h1-2,12H,3-4H2,(H,13,14)(H,15,16). The second kappa shape index (κ2) is 5.23. The summed E-state index contributed by atoms with van der Waals surface area (Å²) in [6.07, 6.45) is -0.109. The Hall–Kier alpha value is -2.48. The fraction of sp³-hybridized carbons (Fsp3) is 0.200. The molecule has 96 valence electrons. The first-order valence-corrected chi connectivity index (χ1v) is 4.77. The van der Waals surface area contributed by atoms with Crippen LogP contribution in [0, 0.1) is 10.1 Å². The van der Waals surface area contributed by atoms with E-state index in [0.29, 0.717) is 0 Å². The average Bonchev–Trinajstić information content (AvgIpc) is 2.27. The number of aromatic carboxylic acids is 2. The number of aliphatic hydroxyl groups is 1. The lowest BCUT2D eigenvalue weighted by molar-refractivity contribution is -0.385. The van der Waals surface area contributed by atoms with Crippen LogP contribution in [0.2, 0.25) is 0 Å². The van der Waals surface area contributed by atoms with E-state index in [4.69, 9.17) is 15.3 Å². The minimum Gasteiger partial charge on any atom is -0.477 e. The summed E-state index contributed by atoms with van der Waals surface area (Å²) >= 11 is 0. The quantitative estimate of drug-likeness (QED) is 0.515. The Kier molecular flexibility index (Phi) is 3.95. The smallest absolute Gasteiger partial charge is 0.343 e. The molecule has 0 heterocycles. The van der Waals surface area contributed by atoms with Gasteiger partial charge in [0.2, 0.25) is 0 Å². The number of rotatable bonds is 5. The van der Waals surface area contributed by atoms with Crippen molar-refractivity contribution in [1.29, 1.82) is 0 Å². The van der Waals surface area contributed by atoms with Crippen LogP contribution < -0.4 is 0 Å². The molecule has 8 nitrogen and oxygen atoms in total. The second-order valence-electron chi connectivity index (χ2n) is 3.34. The van der Waals surface area contributed by atoms with Gasteiger partial charge in [-0.1, -0.05) is 6.07 Å². The number of carboxylic acids is 2. The van der Waals surface area contributed by atoms with Gasteiger partial charge in [-0.05, 0) is 18.1 Å². The summed E-state index contributed by atoms with van der Waals surface area (Å²) in [6.45, 7) is -0.399. The highest BCUT2D eigenvalue weighted by Gasteiger charge is 2.30. The fourth-order valence-corrected chi connectivity index (χ4v) is 1.56. The largest absolute Gasteiger partial charge is 0.477 e. The molecule has 1 aromatic carbocycles. The van der Waals surface area contributed by atoms with Crippen LogP contribution in [-0.4, -0.2) is 38.8 Å². The van der Waals surface area contributed by atoms with E-state index in [1.807, 2.05) is 0 Å². The third kappa shape index (κ3) is 2.43. The van der Waals surface area contributed by atoms with Crippen LogP contribution in [-0.2, 0) is 6.42 Å². The van der Waals surface area contributed by atoms with E-state index in [-0.39, 0.29) is 12.0 Å². The average molecular weight is 255 g/mol. The van der Waals surface area contributed by atoms with Crippen molar-refractivity contribution in [2.75, 3.05) is 6.61 Å². The van der Waals surface area contributed by atoms with Crippen molar-refractivity contribution in [2.45, 2.75) is 6.42 Å². The van der Waals surface area contributed by atoms with Crippen molar-refractivity contribution >= 4 is 17.6 Å². The number of nitrogens with zero attached hydrogens (tertiary/aromatic N) is 1. The zero-order chi connectivity index (χ0) is 13.9. The minimum absolute atomic E-state index is 0.0155. The van der Waals surface area contributed by atoms with Crippen molar-refractivity contribution in [3.05, 3.63) is 38.9 Å². The summed E-state index contributed by atoms with van der Waals surface area (Å²) in [5, 5.41) is 37.3. The molecular formula is C10H9NO7. The molecule has 0 aromatic heterocycles. The number of nitro groups is 1. The van der Waals surface area contributed by atoms with Crippen molar-refractivity contribution < 1.29 is 29.8 Å². The van der Waals surface area contributed by atoms with Crippen molar-refractivity contribution in [1.82, 2.24) is 0 Å². The monoisotopic (exact) mass is 255 g/mol. The molecule has 1 rings (SSSR count). The molecule has 0 aliphatic heterocycles. The number of aliphatic hydroxyl groups excluding tert-OH is 1. The first-order valence-electron chi connectivity index (χ1n) is 4.77. The van der Waals surface area contributed by atoms with Crippen LogP contribution in [0.3, 0.4) is 0 Å². The SMILES string of the molecule is O=C(O)c1ccc(CCO)c(C(=O)O)c1[N+](=O)[O-]. The highest BCUT2D eigenvalue weighted by Crippen LogP contribution is 2.27. The molecule has 0 bridgehead atoms. The van der Waals surface area contributed by atoms with Gasteiger partial charge in [0.05, 0.1) is 4.92 Å². The van der Waals surface area contributed by atoms with E-state index in [9.17, 15) is 19.7 Å². The van der Waals surface area contributed by atoms with Crippen LogP contribution >= 0.6 is 0 Å². The van der Waals surface area contributed by atoms with Gasteiger partial charge in [-0.3, -0.25) is 10.1 Å². The highest BCUT2D eigenvalue weighted by atomic mass is 16.6. The van der Waals surface area contributed by atoms with E-state index < -0.39 is 40.3 Å². The molecule has 0 amide bonds. The highest BCUT2D eigenvalue weighted by molar-refractivity contribution is 6.01. The van der Waals surface area contributed by atoms with Gasteiger partial charge < -0.3 is 15.3 Å². The van der Waals surface area contributed by atoms with Gasteiger partial charge >= 0.3 is 11.9 Å². The lowest BCUT2D eigenvalue weighted by Gasteiger charge is -2.07. The zero-order valence-electron chi connectivity index (χ0n) is 8.99. The number of benzene rings is 1. The van der Waals surface area contributed by atoms with Gasteiger partial charge in [0.1, 0.15) is 11.1 Å². The Labute approximate surface area is 100 Å². The summed E-state index contributed by atoms with van der Waals surface area (Å²) in [5.41, 5.74) is -2.35. The molecule has 0 saturated carbocycles. The van der Waals surface area contributed by atoms with Gasteiger partial charge in [0.25, 0.3) is 5.69 Å². The molecule has 3 N–H and O–H groups in total. The predicted octanol–water partition coefficient (Wildman–Crippen LogP) is 0.526. The van der Waals surface area contributed by atoms with Gasteiger partial charge in [-0.25, -0.2) is 9.59 Å². The first kappa shape index (κ1) is 13.6. The Morgan fingerprint density at radius 2 is 1.83 bits per heavy atom. The molecule has 18 heavy (non-hydrogen) atoms. The molecule has 0 radical (unpaired) electrons. The lowest BCUT2D eigenvalue weighted by atomic mass is 9.99. The third-order valence-electron chi connectivity index (χ3n) is 2.27. The Bertz CT molecular complexity index is 523. The first-order chi connectivity index (χ1) is 8.40. The Morgan fingerprint density at radius 3 is 2.22 bits per heavy atom. The molecule has 0 atom stereocenters. The van der Waals surface area contributed by atoms with Crippen LogP contribution in [0.15, 0.2) is 12.1 Å². The maximum absolute atomic E-state index is 11.0. The van der Waals surface area contributed by atoms with Crippen molar-refractivity contribution in [2.24, 2.45) is 0 Å². The number of hydrogen-bond acceptors (Lipinski definition) is 5. The number of nitro benzene ring substituents is 1. The molecule has 0 spiro atoms. The molecule has 0 unspecified atom stereocenters. The summed E-state index contributed by atoms with van der Waals surface area (Å²) in [7, 11) is 0. The molecule has 0 fully saturated rings. The van der Waals surface area contributed by atoms with Gasteiger partial charge in [0, 0.05) is 6.61 Å². The Morgan fingerprint density at radius 1 is 1.22 bits per heavy atom. The lowest BCUT2D eigenvalue weighted by Crippen LogP contribution is -2.13. The second-order valence-corrected chi connectivity index (χ2v) is 3.34. The maximum atomic E-state index is 11.0.